The van der Waals surface area contributed by atoms with E-state index in [-0.39, 0.29) is 12.1 Å². The van der Waals surface area contributed by atoms with Gasteiger partial charge >= 0.3 is 0 Å². The van der Waals surface area contributed by atoms with E-state index in [1.807, 2.05) is 61.9 Å². The van der Waals surface area contributed by atoms with E-state index in [2.05, 4.69) is 30.8 Å². The van der Waals surface area contributed by atoms with E-state index in [9.17, 15) is 0 Å². The van der Waals surface area contributed by atoms with Crippen molar-refractivity contribution in [2.75, 3.05) is 7.05 Å². The monoisotopic (exact) mass is 335 g/mol. The topological polar surface area (TPSA) is 46.0 Å². The van der Waals surface area contributed by atoms with Crippen molar-refractivity contribution in [1.29, 1.82) is 0 Å². The lowest BCUT2D eigenvalue weighted by atomic mass is 10.0. The SMILES string of the molecule is CN1C(=S)N[C@H](c2ccccn2)[C@@H]1c1cccn1-c1ccccn1. The van der Waals surface area contributed by atoms with E-state index in [4.69, 9.17) is 12.2 Å². The van der Waals surface area contributed by atoms with Crippen LogP contribution in [-0.4, -0.2) is 31.6 Å². The first kappa shape index (κ1) is 14.8. The van der Waals surface area contributed by atoms with Crippen molar-refractivity contribution in [1.82, 2.24) is 24.8 Å². The van der Waals surface area contributed by atoms with E-state index in [0.717, 1.165) is 22.3 Å². The van der Waals surface area contributed by atoms with Gasteiger partial charge in [0.2, 0.25) is 0 Å². The normalized spacial score (nSPS) is 20.2. The molecule has 24 heavy (non-hydrogen) atoms. The predicted molar refractivity (Wildman–Crippen MR) is 96.8 cm³/mol. The zero-order valence-corrected chi connectivity index (χ0v) is 14.0. The summed E-state index contributed by atoms with van der Waals surface area (Å²) in [6.07, 6.45) is 5.65. The Morgan fingerprint density at radius 2 is 1.79 bits per heavy atom. The lowest BCUT2D eigenvalue weighted by molar-refractivity contribution is 0.356. The van der Waals surface area contributed by atoms with Gasteiger partial charge in [-0.1, -0.05) is 12.1 Å². The van der Waals surface area contributed by atoms with Crippen molar-refractivity contribution in [3.63, 3.8) is 0 Å². The van der Waals surface area contributed by atoms with Gasteiger partial charge < -0.3 is 14.8 Å². The summed E-state index contributed by atoms with van der Waals surface area (Å²) in [5.74, 6) is 0.892. The zero-order valence-electron chi connectivity index (χ0n) is 13.2. The molecule has 1 fully saturated rings. The number of pyridine rings is 2. The maximum absolute atomic E-state index is 5.49. The highest BCUT2D eigenvalue weighted by molar-refractivity contribution is 7.80. The molecule has 1 N–H and O–H groups in total. The minimum absolute atomic E-state index is 0.000984. The third kappa shape index (κ3) is 2.45. The minimum atomic E-state index is 0.000984. The average Bonchev–Trinajstić information content (AvgIpc) is 3.22. The minimum Gasteiger partial charge on any atom is -0.352 e. The van der Waals surface area contributed by atoms with Crippen LogP contribution in [-0.2, 0) is 0 Å². The highest BCUT2D eigenvalue weighted by Gasteiger charge is 2.39. The summed E-state index contributed by atoms with van der Waals surface area (Å²) >= 11 is 5.49. The van der Waals surface area contributed by atoms with Crippen LogP contribution in [0.5, 0.6) is 0 Å². The van der Waals surface area contributed by atoms with Crippen LogP contribution in [0.1, 0.15) is 23.5 Å². The highest BCUT2D eigenvalue weighted by Crippen LogP contribution is 2.38. The van der Waals surface area contributed by atoms with Crippen molar-refractivity contribution in [3.8, 4) is 5.82 Å². The molecule has 0 spiro atoms. The number of nitrogens with one attached hydrogen (secondary N) is 1. The molecule has 3 aromatic rings. The highest BCUT2D eigenvalue weighted by atomic mass is 32.1. The van der Waals surface area contributed by atoms with Crippen molar-refractivity contribution >= 4 is 17.3 Å². The van der Waals surface area contributed by atoms with Crippen LogP contribution >= 0.6 is 12.2 Å². The van der Waals surface area contributed by atoms with Gasteiger partial charge in [-0.25, -0.2) is 4.98 Å². The first-order valence-electron chi connectivity index (χ1n) is 7.78. The van der Waals surface area contributed by atoms with Crippen LogP contribution in [0.25, 0.3) is 5.82 Å². The molecular formula is C18H17N5S. The molecule has 0 bridgehead atoms. The van der Waals surface area contributed by atoms with Crippen LogP contribution in [0.15, 0.2) is 67.1 Å². The van der Waals surface area contributed by atoms with Gasteiger partial charge in [-0.2, -0.15) is 0 Å². The molecule has 120 valence electrons. The van der Waals surface area contributed by atoms with Crippen molar-refractivity contribution < 1.29 is 0 Å². The molecule has 6 heteroatoms. The fourth-order valence-corrected chi connectivity index (χ4v) is 3.41. The summed E-state index contributed by atoms with van der Waals surface area (Å²) in [4.78, 5) is 11.1. The summed E-state index contributed by atoms with van der Waals surface area (Å²) in [6, 6.07) is 16.1. The maximum atomic E-state index is 5.49. The van der Waals surface area contributed by atoms with Gasteiger partial charge in [0.05, 0.1) is 17.8 Å². The van der Waals surface area contributed by atoms with E-state index in [0.29, 0.717) is 0 Å². The smallest absolute Gasteiger partial charge is 0.169 e. The molecule has 3 aromatic heterocycles. The number of aromatic nitrogens is 3. The standard InChI is InChI=1S/C18H17N5S/c1-22-17(16(21-18(22)24)13-7-2-4-10-19-13)14-8-6-12-23(14)15-9-3-5-11-20-15/h2-12,16-17H,1H3,(H,21,24)/t16-,17+/m1/s1. The molecular weight excluding hydrogens is 318 g/mol. The molecule has 2 atom stereocenters. The molecule has 4 heterocycles. The Morgan fingerprint density at radius 3 is 2.50 bits per heavy atom. The van der Waals surface area contributed by atoms with Crippen LogP contribution in [0.2, 0.25) is 0 Å². The lowest BCUT2D eigenvalue weighted by Gasteiger charge is -2.25. The number of nitrogens with zero attached hydrogens (tertiary/aromatic N) is 4. The third-order valence-corrected chi connectivity index (χ3v) is 4.72. The molecule has 1 aliphatic rings. The van der Waals surface area contributed by atoms with Gasteiger partial charge in [0.15, 0.2) is 5.11 Å². The summed E-state index contributed by atoms with van der Waals surface area (Å²) in [6.45, 7) is 0. The second-order valence-corrected chi connectivity index (χ2v) is 6.12. The molecule has 0 radical (unpaired) electrons. The number of rotatable bonds is 3. The Hall–Kier alpha value is -2.73. The number of hydrogen-bond acceptors (Lipinski definition) is 3. The number of hydrogen-bond donors (Lipinski definition) is 1. The van der Waals surface area contributed by atoms with Gasteiger partial charge in [-0.15, -0.1) is 0 Å². The van der Waals surface area contributed by atoms with E-state index in [1.54, 1.807) is 6.20 Å². The summed E-state index contributed by atoms with van der Waals surface area (Å²) in [7, 11) is 2.01. The Morgan fingerprint density at radius 1 is 1.00 bits per heavy atom. The Kier molecular flexibility index (Phi) is 3.74. The summed E-state index contributed by atoms with van der Waals surface area (Å²) < 4.78 is 2.10. The summed E-state index contributed by atoms with van der Waals surface area (Å²) in [5.41, 5.74) is 2.10. The average molecular weight is 335 g/mol. The molecule has 4 rings (SSSR count). The second-order valence-electron chi connectivity index (χ2n) is 5.73. The number of thiocarbonyl (C=S) groups is 1. The Labute approximate surface area is 146 Å². The molecule has 1 aliphatic heterocycles. The second kappa shape index (κ2) is 6.05. The molecule has 0 aromatic carbocycles. The molecule has 0 saturated carbocycles. The zero-order chi connectivity index (χ0) is 16.5. The third-order valence-electron chi connectivity index (χ3n) is 4.32. The van der Waals surface area contributed by atoms with Crippen molar-refractivity contribution in [3.05, 3.63) is 78.5 Å². The van der Waals surface area contributed by atoms with Crippen LogP contribution < -0.4 is 5.32 Å². The van der Waals surface area contributed by atoms with Crippen molar-refractivity contribution in [2.45, 2.75) is 12.1 Å². The van der Waals surface area contributed by atoms with Gasteiger partial charge in [-0.3, -0.25) is 4.98 Å². The predicted octanol–water partition coefficient (Wildman–Crippen LogP) is 2.87. The van der Waals surface area contributed by atoms with E-state index < -0.39 is 0 Å². The van der Waals surface area contributed by atoms with Crippen LogP contribution in [0, 0.1) is 0 Å². The van der Waals surface area contributed by atoms with Gasteiger partial charge in [-0.05, 0) is 48.6 Å². The first-order valence-corrected chi connectivity index (χ1v) is 8.19. The molecule has 0 amide bonds. The molecule has 1 saturated heterocycles. The Balaban J connectivity index is 1.80. The lowest BCUT2D eigenvalue weighted by Crippen LogP contribution is -2.26. The van der Waals surface area contributed by atoms with E-state index in [1.165, 1.54) is 0 Å². The molecule has 0 aliphatic carbocycles. The van der Waals surface area contributed by atoms with Gasteiger partial charge in [0, 0.05) is 31.3 Å². The van der Waals surface area contributed by atoms with Crippen LogP contribution in [0.4, 0.5) is 0 Å². The summed E-state index contributed by atoms with van der Waals surface area (Å²) in [5, 5.41) is 4.12. The van der Waals surface area contributed by atoms with Gasteiger partial charge in [0.1, 0.15) is 5.82 Å². The van der Waals surface area contributed by atoms with Gasteiger partial charge in [0.25, 0.3) is 0 Å². The van der Waals surface area contributed by atoms with Crippen LogP contribution in [0.3, 0.4) is 0 Å². The van der Waals surface area contributed by atoms with Crippen molar-refractivity contribution in [2.24, 2.45) is 0 Å². The number of likely N-dealkylation sites (N-methyl/N-ethyl adjacent to an activating group) is 1. The van der Waals surface area contributed by atoms with E-state index >= 15 is 0 Å². The molecule has 0 unspecified atom stereocenters. The first-order chi connectivity index (χ1) is 11.8. The largest absolute Gasteiger partial charge is 0.352 e. The quantitative estimate of drug-likeness (QED) is 0.746. The fourth-order valence-electron chi connectivity index (χ4n) is 3.17. The molecule has 5 nitrogen and oxygen atoms in total. The fraction of sp³-hybridized carbons (Fsp3) is 0.167. The Bertz CT molecular complexity index is 846. The maximum Gasteiger partial charge on any atom is 0.169 e.